The summed E-state index contributed by atoms with van der Waals surface area (Å²) in [6.45, 7) is 9.65. The average molecular weight is 271 g/mol. The fraction of sp³-hybridized carbons (Fsp3) is 1.00. The van der Waals surface area contributed by atoms with Crippen LogP contribution >= 0.6 is 0 Å². The molecule has 2 N–H and O–H groups in total. The molecule has 114 valence electrons. The molecule has 1 fully saturated rings. The third-order valence-corrected chi connectivity index (χ3v) is 4.22. The van der Waals surface area contributed by atoms with Crippen LogP contribution in [0.3, 0.4) is 0 Å². The molecule has 0 aromatic rings. The van der Waals surface area contributed by atoms with Crippen molar-refractivity contribution in [1.82, 2.24) is 5.32 Å². The van der Waals surface area contributed by atoms with Crippen LogP contribution in [-0.2, 0) is 4.74 Å². The van der Waals surface area contributed by atoms with Crippen molar-refractivity contribution in [2.45, 2.75) is 83.9 Å². The molecule has 1 aliphatic carbocycles. The first-order valence-electron chi connectivity index (χ1n) is 7.97. The lowest BCUT2D eigenvalue weighted by atomic mass is 9.88. The fourth-order valence-electron chi connectivity index (χ4n) is 3.12. The molecule has 0 aliphatic heterocycles. The van der Waals surface area contributed by atoms with Crippen LogP contribution in [0.2, 0.25) is 0 Å². The van der Waals surface area contributed by atoms with Crippen molar-refractivity contribution >= 4 is 0 Å². The van der Waals surface area contributed by atoms with E-state index in [1.165, 1.54) is 25.7 Å². The fourth-order valence-corrected chi connectivity index (χ4v) is 3.12. The highest BCUT2D eigenvalue weighted by Crippen LogP contribution is 2.26. The number of nitrogens with one attached hydrogen (secondary N) is 1. The Hall–Kier alpha value is -0.120. The molecule has 0 aromatic carbocycles. The summed E-state index contributed by atoms with van der Waals surface area (Å²) >= 11 is 0. The maximum absolute atomic E-state index is 9.52. The molecule has 1 saturated carbocycles. The molecule has 0 heterocycles. The Morgan fingerprint density at radius 2 is 2.00 bits per heavy atom. The van der Waals surface area contributed by atoms with E-state index in [4.69, 9.17) is 4.74 Å². The van der Waals surface area contributed by atoms with Gasteiger partial charge in [0.15, 0.2) is 0 Å². The smallest absolute Gasteiger partial charge is 0.0610 e. The standard InChI is InChI=1S/C16H33NO2/c1-13(2)17-16(4,12-18)10-7-11-19-15-9-6-5-8-14(15)3/h13-15,17-18H,5-12H2,1-4H3. The molecule has 3 nitrogen and oxygen atoms in total. The number of aliphatic hydroxyl groups is 1. The predicted molar refractivity (Wildman–Crippen MR) is 80.4 cm³/mol. The second-order valence-electron chi connectivity index (χ2n) is 6.79. The number of rotatable bonds is 8. The summed E-state index contributed by atoms with van der Waals surface area (Å²) in [6, 6.07) is 0.399. The molecule has 0 radical (unpaired) electrons. The average Bonchev–Trinajstić information content (AvgIpc) is 2.36. The summed E-state index contributed by atoms with van der Waals surface area (Å²) in [4.78, 5) is 0. The third-order valence-electron chi connectivity index (χ3n) is 4.22. The first-order chi connectivity index (χ1) is 8.97. The Balaban J connectivity index is 2.21. The van der Waals surface area contributed by atoms with Crippen molar-refractivity contribution in [2.75, 3.05) is 13.2 Å². The van der Waals surface area contributed by atoms with Gasteiger partial charge in [-0.2, -0.15) is 0 Å². The van der Waals surface area contributed by atoms with Crippen LogP contribution in [-0.4, -0.2) is 36.0 Å². The van der Waals surface area contributed by atoms with Gasteiger partial charge in [-0.25, -0.2) is 0 Å². The van der Waals surface area contributed by atoms with Gasteiger partial charge in [0, 0.05) is 18.2 Å². The van der Waals surface area contributed by atoms with E-state index in [1.807, 2.05) is 0 Å². The van der Waals surface area contributed by atoms with Crippen LogP contribution in [0, 0.1) is 5.92 Å². The van der Waals surface area contributed by atoms with E-state index in [0.717, 1.165) is 19.4 Å². The van der Waals surface area contributed by atoms with Gasteiger partial charge in [-0.3, -0.25) is 0 Å². The SMILES string of the molecule is CC(C)NC(C)(CO)CCCOC1CCCCC1C. The van der Waals surface area contributed by atoms with E-state index in [1.54, 1.807) is 0 Å². The molecule has 1 rings (SSSR count). The lowest BCUT2D eigenvalue weighted by Gasteiger charge is -2.32. The monoisotopic (exact) mass is 271 g/mol. The Kier molecular flexibility index (Phi) is 7.33. The van der Waals surface area contributed by atoms with Crippen LogP contribution in [0.15, 0.2) is 0 Å². The summed E-state index contributed by atoms with van der Waals surface area (Å²) in [5, 5.41) is 13.0. The van der Waals surface area contributed by atoms with Gasteiger partial charge in [0.25, 0.3) is 0 Å². The minimum absolute atomic E-state index is 0.171. The van der Waals surface area contributed by atoms with Crippen molar-refractivity contribution in [3.63, 3.8) is 0 Å². The van der Waals surface area contributed by atoms with Gasteiger partial charge in [-0.1, -0.05) is 33.6 Å². The van der Waals surface area contributed by atoms with Crippen LogP contribution in [0.1, 0.15) is 66.2 Å². The van der Waals surface area contributed by atoms with Gasteiger partial charge < -0.3 is 15.2 Å². The molecule has 3 atom stereocenters. The molecule has 19 heavy (non-hydrogen) atoms. The summed E-state index contributed by atoms with van der Waals surface area (Å²) in [5.41, 5.74) is -0.171. The van der Waals surface area contributed by atoms with Crippen molar-refractivity contribution in [3.05, 3.63) is 0 Å². The van der Waals surface area contributed by atoms with E-state index < -0.39 is 0 Å². The van der Waals surface area contributed by atoms with Gasteiger partial charge in [-0.05, 0) is 38.5 Å². The van der Waals surface area contributed by atoms with E-state index >= 15 is 0 Å². The van der Waals surface area contributed by atoms with Crippen molar-refractivity contribution in [1.29, 1.82) is 0 Å². The van der Waals surface area contributed by atoms with E-state index in [2.05, 4.69) is 33.0 Å². The molecule has 3 heteroatoms. The van der Waals surface area contributed by atoms with E-state index in [9.17, 15) is 5.11 Å². The minimum atomic E-state index is -0.171. The Labute approximate surface area is 119 Å². The molecule has 0 spiro atoms. The van der Waals surface area contributed by atoms with Gasteiger partial charge >= 0.3 is 0 Å². The van der Waals surface area contributed by atoms with Gasteiger partial charge in [0.05, 0.1) is 12.7 Å². The zero-order chi connectivity index (χ0) is 14.3. The van der Waals surface area contributed by atoms with Gasteiger partial charge in [-0.15, -0.1) is 0 Å². The molecule has 0 bridgehead atoms. The maximum Gasteiger partial charge on any atom is 0.0610 e. The molecule has 3 unspecified atom stereocenters. The number of ether oxygens (including phenoxy) is 1. The topological polar surface area (TPSA) is 41.5 Å². The van der Waals surface area contributed by atoms with Crippen LogP contribution in [0.4, 0.5) is 0 Å². The molecule has 1 aliphatic rings. The van der Waals surface area contributed by atoms with Gasteiger partial charge in [0.1, 0.15) is 0 Å². The summed E-state index contributed by atoms with van der Waals surface area (Å²) in [7, 11) is 0. The number of hydrogen-bond acceptors (Lipinski definition) is 3. The lowest BCUT2D eigenvalue weighted by Crippen LogP contribution is -2.49. The summed E-state index contributed by atoms with van der Waals surface area (Å²) < 4.78 is 6.03. The van der Waals surface area contributed by atoms with Crippen LogP contribution in [0.5, 0.6) is 0 Å². The minimum Gasteiger partial charge on any atom is -0.394 e. The third kappa shape index (κ3) is 6.24. The highest BCUT2D eigenvalue weighted by atomic mass is 16.5. The Morgan fingerprint density at radius 3 is 2.58 bits per heavy atom. The largest absolute Gasteiger partial charge is 0.394 e. The quantitative estimate of drug-likeness (QED) is 0.667. The second kappa shape index (κ2) is 8.23. The zero-order valence-electron chi connectivity index (χ0n) is 13.2. The predicted octanol–water partition coefficient (Wildman–Crippen LogP) is 3.11. The normalized spacial score (nSPS) is 27.5. The van der Waals surface area contributed by atoms with Gasteiger partial charge in [0.2, 0.25) is 0 Å². The van der Waals surface area contributed by atoms with E-state index in [0.29, 0.717) is 18.1 Å². The molecular weight excluding hydrogens is 238 g/mol. The lowest BCUT2D eigenvalue weighted by molar-refractivity contribution is -0.00958. The first kappa shape index (κ1) is 16.9. The molecule has 0 amide bonds. The maximum atomic E-state index is 9.52. The first-order valence-corrected chi connectivity index (χ1v) is 7.97. The van der Waals surface area contributed by atoms with Crippen molar-refractivity contribution in [2.24, 2.45) is 5.92 Å². The highest BCUT2D eigenvalue weighted by molar-refractivity contribution is 4.83. The number of aliphatic hydroxyl groups excluding tert-OH is 1. The highest BCUT2D eigenvalue weighted by Gasteiger charge is 2.24. The second-order valence-corrected chi connectivity index (χ2v) is 6.79. The molecular formula is C16H33NO2. The summed E-state index contributed by atoms with van der Waals surface area (Å²) in [5.74, 6) is 0.715. The number of hydrogen-bond donors (Lipinski definition) is 2. The zero-order valence-corrected chi connectivity index (χ0v) is 13.2. The molecule has 0 saturated heterocycles. The Bertz CT molecular complexity index is 245. The van der Waals surface area contributed by atoms with E-state index in [-0.39, 0.29) is 12.1 Å². The molecule has 0 aromatic heterocycles. The summed E-state index contributed by atoms with van der Waals surface area (Å²) in [6.07, 6.45) is 7.66. The van der Waals surface area contributed by atoms with Crippen LogP contribution < -0.4 is 5.32 Å². The van der Waals surface area contributed by atoms with Crippen LogP contribution in [0.25, 0.3) is 0 Å². The van der Waals surface area contributed by atoms with Crippen molar-refractivity contribution < 1.29 is 9.84 Å². The Morgan fingerprint density at radius 1 is 1.32 bits per heavy atom. The van der Waals surface area contributed by atoms with Crippen molar-refractivity contribution in [3.8, 4) is 0 Å².